The Balaban J connectivity index is 2.13. The summed E-state index contributed by atoms with van der Waals surface area (Å²) in [6, 6.07) is 0. The molecule has 1 aliphatic heterocycles. The van der Waals surface area contributed by atoms with E-state index in [1.165, 1.54) is 0 Å². The van der Waals surface area contributed by atoms with E-state index >= 15 is 0 Å². The van der Waals surface area contributed by atoms with Gasteiger partial charge in [-0.15, -0.1) is 0 Å². The number of amides is 2. The largest absolute Gasteiger partial charge is 0.481 e. The van der Waals surface area contributed by atoms with Crippen LogP contribution in [0.3, 0.4) is 0 Å². The predicted octanol–water partition coefficient (Wildman–Crippen LogP) is -1.21. The highest BCUT2D eigenvalue weighted by Crippen LogP contribution is 1.96. The number of nitrogens with one attached hydrogen (secondary N) is 2. The van der Waals surface area contributed by atoms with Gasteiger partial charge in [-0.1, -0.05) is 0 Å². The van der Waals surface area contributed by atoms with E-state index in [1.54, 1.807) is 4.90 Å². The fraction of sp³-hybridized carbons (Fsp3) is 0.727. The van der Waals surface area contributed by atoms with Crippen LogP contribution < -0.4 is 10.6 Å². The minimum atomic E-state index is -0.917. The molecule has 1 heterocycles. The maximum atomic E-state index is 11.7. The third-order valence-corrected chi connectivity index (χ3v) is 2.70. The van der Waals surface area contributed by atoms with Crippen molar-refractivity contribution in [1.82, 2.24) is 15.5 Å². The lowest BCUT2D eigenvalue weighted by atomic mass is 10.2. The van der Waals surface area contributed by atoms with E-state index in [0.717, 1.165) is 13.1 Å². The van der Waals surface area contributed by atoms with E-state index in [-0.39, 0.29) is 31.2 Å². The summed E-state index contributed by atoms with van der Waals surface area (Å²) >= 11 is 0. The van der Waals surface area contributed by atoms with Gasteiger partial charge >= 0.3 is 5.97 Å². The number of nitrogens with zero attached hydrogens (tertiary/aromatic N) is 1. The summed E-state index contributed by atoms with van der Waals surface area (Å²) < 4.78 is 0. The van der Waals surface area contributed by atoms with Crippen LogP contribution in [0.25, 0.3) is 0 Å². The maximum Gasteiger partial charge on any atom is 0.303 e. The Morgan fingerprint density at radius 3 is 2.44 bits per heavy atom. The van der Waals surface area contributed by atoms with Crippen molar-refractivity contribution in [2.45, 2.75) is 19.3 Å². The van der Waals surface area contributed by atoms with Crippen LogP contribution in [-0.4, -0.2) is 60.5 Å². The maximum absolute atomic E-state index is 11.7. The number of piperazine rings is 1. The second-order valence-corrected chi connectivity index (χ2v) is 4.15. The molecule has 3 N–H and O–H groups in total. The van der Waals surface area contributed by atoms with Crippen molar-refractivity contribution in [1.29, 1.82) is 0 Å². The van der Waals surface area contributed by atoms with Gasteiger partial charge in [-0.3, -0.25) is 14.4 Å². The van der Waals surface area contributed by atoms with Crippen LogP contribution in [0.1, 0.15) is 19.3 Å². The summed E-state index contributed by atoms with van der Waals surface area (Å²) in [7, 11) is 0. The molecule has 0 atom stereocenters. The average Bonchev–Trinajstić information content (AvgIpc) is 2.36. The summed E-state index contributed by atoms with van der Waals surface area (Å²) in [6.07, 6.45) is 0.406. The highest BCUT2D eigenvalue weighted by atomic mass is 16.4. The molecule has 0 aromatic rings. The zero-order valence-electron chi connectivity index (χ0n) is 10.3. The first-order valence-corrected chi connectivity index (χ1v) is 6.06. The zero-order chi connectivity index (χ0) is 13.4. The minimum absolute atomic E-state index is 0.00803. The summed E-state index contributed by atoms with van der Waals surface area (Å²) in [4.78, 5) is 35.0. The molecule has 1 saturated heterocycles. The topological polar surface area (TPSA) is 98.7 Å². The molecule has 7 nitrogen and oxygen atoms in total. The van der Waals surface area contributed by atoms with Crippen LogP contribution in [0, 0.1) is 0 Å². The van der Waals surface area contributed by atoms with Crippen molar-refractivity contribution < 1.29 is 19.5 Å². The second kappa shape index (κ2) is 7.65. The molecule has 1 rings (SSSR count). The van der Waals surface area contributed by atoms with Gasteiger partial charge in [0.25, 0.3) is 0 Å². The smallest absolute Gasteiger partial charge is 0.303 e. The molecule has 2 amide bonds. The third kappa shape index (κ3) is 5.62. The van der Waals surface area contributed by atoms with Crippen molar-refractivity contribution in [2.24, 2.45) is 0 Å². The van der Waals surface area contributed by atoms with E-state index in [9.17, 15) is 14.4 Å². The summed E-state index contributed by atoms with van der Waals surface area (Å²) in [5, 5.41) is 14.1. The van der Waals surface area contributed by atoms with Gasteiger partial charge in [-0.2, -0.15) is 0 Å². The molecule has 18 heavy (non-hydrogen) atoms. The molecule has 1 fully saturated rings. The van der Waals surface area contributed by atoms with Crippen LogP contribution in [0.2, 0.25) is 0 Å². The van der Waals surface area contributed by atoms with Gasteiger partial charge in [0.15, 0.2) is 0 Å². The molecule has 1 aliphatic rings. The highest BCUT2D eigenvalue weighted by Gasteiger charge is 2.16. The monoisotopic (exact) mass is 257 g/mol. The number of rotatable bonds is 6. The van der Waals surface area contributed by atoms with E-state index in [4.69, 9.17) is 5.11 Å². The highest BCUT2D eigenvalue weighted by molar-refractivity contribution is 5.84. The molecule has 102 valence electrons. The van der Waals surface area contributed by atoms with Crippen LogP contribution in [0.15, 0.2) is 0 Å². The normalized spacial score (nSPS) is 15.2. The third-order valence-electron chi connectivity index (χ3n) is 2.70. The lowest BCUT2D eigenvalue weighted by Gasteiger charge is -2.27. The number of carbonyl (C=O) groups excluding carboxylic acids is 2. The fourth-order valence-corrected chi connectivity index (χ4v) is 1.69. The second-order valence-electron chi connectivity index (χ2n) is 4.15. The van der Waals surface area contributed by atoms with Crippen molar-refractivity contribution >= 4 is 17.8 Å². The Morgan fingerprint density at radius 1 is 1.17 bits per heavy atom. The molecule has 0 aliphatic carbocycles. The molecule has 0 spiro atoms. The Bertz CT molecular complexity index is 313. The number of hydrogen-bond donors (Lipinski definition) is 3. The lowest BCUT2D eigenvalue weighted by molar-refractivity contribution is -0.137. The fourth-order valence-electron chi connectivity index (χ4n) is 1.69. The molecule has 0 saturated carbocycles. The first-order valence-electron chi connectivity index (χ1n) is 6.06. The molecule has 0 aromatic heterocycles. The first-order chi connectivity index (χ1) is 8.59. The lowest BCUT2D eigenvalue weighted by Crippen LogP contribution is -2.49. The summed E-state index contributed by atoms with van der Waals surface area (Å²) in [5.74, 6) is -1.29. The number of aliphatic carboxylic acids is 1. The van der Waals surface area contributed by atoms with Gasteiger partial charge in [0.2, 0.25) is 11.8 Å². The summed E-state index contributed by atoms with van der Waals surface area (Å²) in [5.41, 5.74) is 0. The predicted molar refractivity (Wildman–Crippen MR) is 63.9 cm³/mol. The van der Waals surface area contributed by atoms with Crippen molar-refractivity contribution in [2.75, 3.05) is 32.7 Å². The van der Waals surface area contributed by atoms with Gasteiger partial charge in [-0.05, 0) is 6.42 Å². The van der Waals surface area contributed by atoms with Gasteiger partial charge in [0.1, 0.15) is 0 Å². The summed E-state index contributed by atoms with van der Waals surface area (Å²) in [6.45, 7) is 2.87. The molecule has 0 radical (unpaired) electrons. The van der Waals surface area contributed by atoms with Crippen molar-refractivity contribution in [3.05, 3.63) is 0 Å². The van der Waals surface area contributed by atoms with Crippen molar-refractivity contribution in [3.63, 3.8) is 0 Å². The number of carboxylic acids is 1. The Hall–Kier alpha value is -1.63. The number of carbonyl (C=O) groups is 3. The number of hydrogen-bond acceptors (Lipinski definition) is 4. The Kier molecular flexibility index (Phi) is 6.13. The van der Waals surface area contributed by atoms with Crippen LogP contribution in [0.4, 0.5) is 0 Å². The SMILES string of the molecule is O=C(O)CCCC(=O)NCC(=O)N1CCNCC1. The van der Waals surface area contributed by atoms with Crippen LogP contribution in [-0.2, 0) is 14.4 Å². The molecule has 0 unspecified atom stereocenters. The minimum Gasteiger partial charge on any atom is -0.481 e. The van der Waals surface area contributed by atoms with Crippen molar-refractivity contribution in [3.8, 4) is 0 Å². The molecule has 0 bridgehead atoms. The Labute approximate surface area is 106 Å². The van der Waals surface area contributed by atoms with Gasteiger partial charge in [-0.25, -0.2) is 0 Å². The van der Waals surface area contributed by atoms with E-state index in [0.29, 0.717) is 19.5 Å². The standard InChI is InChI=1S/C11H19N3O4/c15-9(2-1-3-11(17)18)13-8-10(16)14-6-4-12-5-7-14/h12H,1-8H2,(H,13,15)(H,17,18). The number of carboxylic acid groups (broad SMARTS) is 1. The zero-order valence-corrected chi connectivity index (χ0v) is 10.3. The van der Waals surface area contributed by atoms with Crippen LogP contribution >= 0.6 is 0 Å². The van der Waals surface area contributed by atoms with Crippen LogP contribution in [0.5, 0.6) is 0 Å². The quantitative estimate of drug-likeness (QED) is 0.554. The van der Waals surface area contributed by atoms with E-state index in [2.05, 4.69) is 10.6 Å². The molecular formula is C11H19N3O4. The molecule has 7 heteroatoms. The average molecular weight is 257 g/mol. The van der Waals surface area contributed by atoms with E-state index in [1.807, 2.05) is 0 Å². The van der Waals surface area contributed by atoms with E-state index < -0.39 is 5.97 Å². The van der Waals surface area contributed by atoms with Gasteiger partial charge in [0.05, 0.1) is 6.54 Å². The molecular weight excluding hydrogens is 238 g/mol. The molecule has 0 aromatic carbocycles. The first kappa shape index (κ1) is 14.4. The van der Waals surface area contributed by atoms with Gasteiger partial charge < -0.3 is 20.6 Å². The Morgan fingerprint density at radius 2 is 1.83 bits per heavy atom. The van der Waals surface area contributed by atoms with Gasteiger partial charge in [0, 0.05) is 39.0 Å².